The molecule has 0 unspecified atom stereocenters. The lowest BCUT2D eigenvalue weighted by Gasteiger charge is -2.41. The van der Waals surface area contributed by atoms with Crippen LogP contribution in [0.2, 0.25) is 0 Å². The van der Waals surface area contributed by atoms with Crippen LogP contribution in [0.3, 0.4) is 0 Å². The van der Waals surface area contributed by atoms with E-state index in [0.717, 1.165) is 16.8 Å². The summed E-state index contributed by atoms with van der Waals surface area (Å²) in [4.78, 5) is 40.6. The molecule has 2 aliphatic heterocycles. The molecule has 0 bridgehead atoms. The molecule has 2 amide bonds. The van der Waals surface area contributed by atoms with Crippen LogP contribution in [0.1, 0.15) is 36.7 Å². The third-order valence-electron chi connectivity index (χ3n) is 6.83. The lowest BCUT2D eigenvalue weighted by atomic mass is 9.88. The molecule has 1 saturated heterocycles. The number of ether oxygens (including phenoxy) is 1. The highest BCUT2D eigenvalue weighted by Crippen LogP contribution is 2.41. The first-order valence-corrected chi connectivity index (χ1v) is 12.5. The first kappa shape index (κ1) is 24.5. The zero-order chi connectivity index (χ0) is 26.0. The Morgan fingerprint density at radius 3 is 2.35 bits per heavy atom. The number of piperazine rings is 1. The van der Waals surface area contributed by atoms with Crippen LogP contribution >= 0.6 is 0 Å². The van der Waals surface area contributed by atoms with Crippen LogP contribution in [-0.4, -0.2) is 65.0 Å². The predicted octanol–water partition coefficient (Wildman–Crippen LogP) is 4.05. The molecule has 5 rings (SSSR count). The van der Waals surface area contributed by atoms with Crippen LogP contribution < -0.4 is 14.5 Å². The Morgan fingerprint density at radius 1 is 0.946 bits per heavy atom. The normalized spacial score (nSPS) is 16.6. The van der Waals surface area contributed by atoms with Gasteiger partial charge in [0.15, 0.2) is 6.61 Å². The number of fused-ring (bicyclic) bond motifs is 1. The van der Waals surface area contributed by atoms with Crippen molar-refractivity contribution in [1.29, 1.82) is 0 Å². The molecule has 1 aromatic heterocycles. The van der Waals surface area contributed by atoms with Gasteiger partial charge in [0, 0.05) is 49.7 Å². The first-order chi connectivity index (χ1) is 17.8. The molecule has 0 N–H and O–H groups in total. The van der Waals surface area contributed by atoms with E-state index in [1.807, 2.05) is 79.1 Å². The maximum Gasteiger partial charge on any atom is 0.260 e. The number of allylic oxidation sites excluding steroid dienone is 1. The van der Waals surface area contributed by atoms with E-state index in [0.29, 0.717) is 43.4 Å². The summed E-state index contributed by atoms with van der Waals surface area (Å²) in [5.74, 6) is 1.18. The van der Waals surface area contributed by atoms with Gasteiger partial charge < -0.3 is 14.5 Å². The quantitative estimate of drug-likeness (QED) is 0.529. The van der Waals surface area contributed by atoms with E-state index in [4.69, 9.17) is 4.74 Å². The highest BCUT2D eigenvalue weighted by atomic mass is 16.5. The van der Waals surface area contributed by atoms with Gasteiger partial charge >= 0.3 is 0 Å². The lowest BCUT2D eigenvalue weighted by Crippen LogP contribution is -2.50. The van der Waals surface area contributed by atoms with Gasteiger partial charge in [0.25, 0.3) is 11.8 Å². The molecule has 8 nitrogen and oxygen atoms in total. The summed E-state index contributed by atoms with van der Waals surface area (Å²) in [5, 5.41) is 0. The molecule has 2 aromatic carbocycles. The first-order valence-electron chi connectivity index (χ1n) is 12.5. The summed E-state index contributed by atoms with van der Waals surface area (Å²) in [6, 6.07) is 16.8. The molecule has 8 heteroatoms. The molecule has 1 fully saturated rings. The Bertz CT molecular complexity index is 1320. The van der Waals surface area contributed by atoms with Gasteiger partial charge in [0.05, 0.1) is 11.2 Å². The third kappa shape index (κ3) is 5.05. The van der Waals surface area contributed by atoms with Gasteiger partial charge in [-0.2, -0.15) is 0 Å². The van der Waals surface area contributed by atoms with Gasteiger partial charge in [0.2, 0.25) is 5.95 Å². The van der Waals surface area contributed by atoms with Crippen molar-refractivity contribution in [2.24, 2.45) is 0 Å². The topological polar surface area (TPSA) is 78.9 Å². The third-order valence-corrected chi connectivity index (χ3v) is 6.83. The van der Waals surface area contributed by atoms with Crippen LogP contribution in [0.5, 0.6) is 5.75 Å². The Kier molecular flexibility index (Phi) is 6.65. The Balaban J connectivity index is 1.26. The van der Waals surface area contributed by atoms with Crippen LogP contribution in [0, 0.1) is 0 Å². The highest BCUT2D eigenvalue weighted by Gasteiger charge is 2.36. The van der Waals surface area contributed by atoms with Gasteiger partial charge in [-0.15, -0.1) is 0 Å². The fourth-order valence-corrected chi connectivity index (χ4v) is 5.03. The number of carbonyl (C=O) groups excluding carboxylic acids is 2. The fraction of sp³-hybridized carbons (Fsp3) is 0.310. The molecule has 2 aliphatic rings. The summed E-state index contributed by atoms with van der Waals surface area (Å²) in [6.07, 6.45) is 5.54. The number of anilines is 2. The molecule has 190 valence electrons. The summed E-state index contributed by atoms with van der Waals surface area (Å²) < 4.78 is 5.92. The maximum atomic E-state index is 13.5. The second-order valence-corrected chi connectivity index (χ2v) is 9.87. The van der Waals surface area contributed by atoms with Crippen molar-refractivity contribution < 1.29 is 14.3 Å². The molecule has 3 heterocycles. The SMILES string of the molecule is CC1=CC(C)(C)N(C(=O)c2ccccc2)c2ccc(OCC(=O)N3CCN(c4ncccn4)CC3)cc21. The second kappa shape index (κ2) is 10.0. The molecule has 37 heavy (non-hydrogen) atoms. The molecule has 0 spiro atoms. The van der Waals surface area contributed by atoms with Crippen molar-refractivity contribution in [3.63, 3.8) is 0 Å². The number of amides is 2. The number of hydrogen-bond donors (Lipinski definition) is 0. The van der Waals surface area contributed by atoms with E-state index < -0.39 is 5.54 Å². The molecule has 0 atom stereocenters. The minimum Gasteiger partial charge on any atom is -0.484 e. The Morgan fingerprint density at radius 2 is 1.65 bits per heavy atom. The van der Waals surface area contributed by atoms with E-state index in [1.54, 1.807) is 18.5 Å². The highest BCUT2D eigenvalue weighted by molar-refractivity contribution is 6.09. The van der Waals surface area contributed by atoms with Crippen molar-refractivity contribution in [2.45, 2.75) is 26.3 Å². The molecular weight excluding hydrogens is 466 g/mol. The van der Waals surface area contributed by atoms with Gasteiger partial charge in [-0.1, -0.05) is 24.3 Å². The number of benzene rings is 2. The fourth-order valence-electron chi connectivity index (χ4n) is 5.03. The van der Waals surface area contributed by atoms with Crippen molar-refractivity contribution in [3.8, 4) is 5.75 Å². The zero-order valence-electron chi connectivity index (χ0n) is 21.4. The molecule has 3 aromatic rings. The summed E-state index contributed by atoms with van der Waals surface area (Å²) in [5.41, 5.74) is 2.96. The van der Waals surface area contributed by atoms with Crippen molar-refractivity contribution in [1.82, 2.24) is 14.9 Å². The zero-order valence-corrected chi connectivity index (χ0v) is 21.4. The minimum atomic E-state index is -0.491. The van der Waals surface area contributed by atoms with Crippen LogP contribution in [0.25, 0.3) is 5.57 Å². The number of hydrogen-bond acceptors (Lipinski definition) is 6. The van der Waals surface area contributed by atoms with E-state index in [1.165, 1.54) is 0 Å². The molecule has 0 saturated carbocycles. The molecule has 0 aliphatic carbocycles. The minimum absolute atomic E-state index is 0.0401. The number of aromatic nitrogens is 2. The standard InChI is InChI=1S/C29H31N5O3/c1-21-19-29(2,3)34(27(36)22-8-5-4-6-9-22)25-11-10-23(18-24(21)25)37-20-26(35)32-14-16-33(17-15-32)28-30-12-7-13-31-28/h4-13,18-19H,14-17,20H2,1-3H3. The van der Waals surface area contributed by atoms with Crippen LogP contribution in [0.4, 0.5) is 11.6 Å². The van der Waals surface area contributed by atoms with Gasteiger partial charge in [-0.3, -0.25) is 14.5 Å². The predicted molar refractivity (Wildman–Crippen MR) is 144 cm³/mol. The number of rotatable bonds is 5. The number of nitrogens with zero attached hydrogens (tertiary/aromatic N) is 5. The Labute approximate surface area is 217 Å². The molecule has 0 radical (unpaired) electrons. The second-order valence-electron chi connectivity index (χ2n) is 9.87. The summed E-state index contributed by atoms with van der Waals surface area (Å²) in [7, 11) is 0. The van der Waals surface area contributed by atoms with Crippen LogP contribution in [0.15, 0.2) is 73.1 Å². The van der Waals surface area contributed by atoms with E-state index in [2.05, 4.69) is 20.9 Å². The monoisotopic (exact) mass is 497 g/mol. The Hall–Kier alpha value is -4.20. The van der Waals surface area contributed by atoms with E-state index in [9.17, 15) is 9.59 Å². The smallest absolute Gasteiger partial charge is 0.260 e. The van der Waals surface area contributed by atoms with Gasteiger partial charge in [-0.25, -0.2) is 9.97 Å². The van der Waals surface area contributed by atoms with Crippen molar-refractivity contribution >= 4 is 29.0 Å². The van der Waals surface area contributed by atoms with Gasteiger partial charge in [0.1, 0.15) is 5.75 Å². The summed E-state index contributed by atoms with van der Waals surface area (Å²) in [6.45, 7) is 8.62. The summed E-state index contributed by atoms with van der Waals surface area (Å²) >= 11 is 0. The maximum absolute atomic E-state index is 13.5. The lowest BCUT2D eigenvalue weighted by molar-refractivity contribution is -0.133. The largest absolute Gasteiger partial charge is 0.484 e. The van der Waals surface area contributed by atoms with E-state index in [-0.39, 0.29) is 18.4 Å². The van der Waals surface area contributed by atoms with Crippen LogP contribution in [-0.2, 0) is 4.79 Å². The number of carbonyl (C=O) groups is 2. The van der Waals surface area contributed by atoms with Crippen molar-refractivity contribution in [2.75, 3.05) is 42.6 Å². The van der Waals surface area contributed by atoms with E-state index >= 15 is 0 Å². The van der Waals surface area contributed by atoms with Gasteiger partial charge in [-0.05, 0) is 62.7 Å². The average molecular weight is 498 g/mol. The van der Waals surface area contributed by atoms with Crippen molar-refractivity contribution in [3.05, 3.63) is 84.2 Å². The molecular formula is C29H31N5O3. The average Bonchev–Trinajstić information content (AvgIpc) is 2.92.